The van der Waals surface area contributed by atoms with E-state index in [1.165, 1.54) is 0 Å². The van der Waals surface area contributed by atoms with Gasteiger partial charge in [0.1, 0.15) is 6.07 Å². The first-order valence-corrected chi connectivity index (χ1v) is 9.04. The van der Waals surface area contributed by atoms with Crippen LogP contribution in [0.2, 0.25) is 0 Å². The standard InChI is InChI=1S/C20H24N4O2/c1-3-26-19(25)11-23-16-9-14(2)12-24(13-16)18-7-6-15(10-21)20-17(18)5-4-8-22-20/h4-8,14,16,23H,3,9,11-13H2,1-2H3/t14-,16+/m0/s1. The van der Waals surface area contributed by atoms with E-state index in [1.54, 1.807) is 6.20 Å². The number of nitriles is 1. The molecule has 0 spiro atoms. The third-order valence-corrected chi connectivity index (χ3v) is 4.71. The molecule has 6 heteroatoms. The quantitative estimate of drug-likeness (QED) is 0.833. The van der Waals surface area contributed by atoms with Crippen molar-refractivity contribution in [3.8, 4) is 6.07 Å². The normalized spacial score (nSPS) is 20.0. The Morgan fingerprint density at radius 2 is 2.27 bits per heavy atom. The number of ether oxygens (including phenoxy) is 1. The maximum atomic E-state index is 11.6. The molecule has 1 aromatic carbocycles. The van der Waals surface area contributed by atoms with E-state index in [-0.39, 0.29) is 18.6 Å². The zero-order valence-electron chi connectivity index (χ0n) is 15.2. The largest absolute Gasteiger partial charge is 0.465 e. The first-order valence-electron chi connectivity index (χ1n) is 9.04. The summed E-state index contributed by atoms with van der Waals surface area (Å²) in [5.74, 6) is 0.274. The second-order valence-electron chi connectivity index (χ2n) is 6.77. The number of esters is 1. The second kappa shape index (κ2) is 8.15. The van der Waals surface area contributed by atoms with Crippen LogP contribution in [0.25, 0.3) is 10.9 Å². The highest BCUT2D eigenvalue weighted by atomic mass is 16.5. The number of fused-ring (bicyclic) bond motifs is 1. The lowest BCUT2D eigenvalue weighted by molar-refractivity contribution is -0.142. The number of hydrogen-bond acceptors (Lipinski definition) is 6. The molecule has 1 aromatic heterocycles. The maximum Gasteiger partial charge on any atom is 0.319 e. The van der Waals surface area contributed by atoms with Crippen LogP contribution < -0.4 is 10.2 Å². The van der Waals surface area contributed by atoms with Crippen molar-refractivity contribution < 1.29 is 9.53 Å². The molecule has 0 radical (unpaired) electrons. The van der Waals surface area contributed by atoms with Gasteiger partial charge in [0.15, 0.2) is 0 Å². The van der Waals surface area contributed by atoms with E-state index in [0.29, 0.717) is 18.1 Å². The molecule has 2 atom stereocenters. The first-order chi connectivity index (χ1) is 12.6. The number of carbonyl (C=O) groups is 1. The van der Waals surface area contributed by atoms with Gasteiger partial charge in [0, 0.05) is 36.4 Å². The minimum absolute atomic E-state index is 0.213. The SMILES string of the molecule is CCOC(=O)CN[C@@H]1C[C@H](C)CN(c2ccc(C#N)c3ncccc23)C1. The van der Waals surface area contributed by atoms with Gasteiger partial charge in [-0.2, -0.15) is 5.26 Å². The number of pyridine rings is 1. The molecule has 0 bridgehead atoms. The van der Waals surface area contributed by atoms with E-state index in [4.69, 9.17) is 4.74 Å². The Morgan fingerprint density at radius 3 is 3.04 bits per heavy atom. The number of aromatic nitrogens is 1. The summed E-state index contributed by atoms with van der Waals surface area (Å²) >= 11 is 0. The van der Waals surface area contributed by atoms with E-state index in [0.717, 1.165) is 36.1 Å². The summed E-state index contributed by atoms with van der Waals surface area (Å²) in [5.41, 5.74) is 2.41. The zero-order chi connectivity index (χ0) is 18.5. The van der Waals surface area contributed by atoms with Gasteiger partial charge >= 0.3 is 5.97 Å². The number of nitrogens with one attached hydrogen (secondary N) is 1. The fourth-order valence-corrected chi connectivity index (χ4v) is 3.66. The number of nitrogens with zero attached hydrogens (tertiary/aromatic N) is 3. The molecule has 1 saturated heterocycles. The molecule has 0 unspecified atom stereocenters. The highest BCUT2D eigenvalue weighted by Gasteiger charge is 2.26. The summed E-state index contributed by atoms with van der Waals surface area (Å²) in [5, 5.41) is 13.6. The summed E-state index contributed by atoms with van der Waals surface area (Å²) in [6.07, 6.45) is 2.73. The van der Waals surface area contributed by atoms with Crippen molar-refractivity contribution in [2.45, 2.75) is 26.3 Å². The summed E-state index contributed by atoms with van der Waals surface area (Å²) in [7, 11) is 0. The van der Waals surface area contributed by atoms with Gasteiger partial charge < -0.3 is 15.0 Å². The summed E-state index contributed by atoms with van der Waals surface area (Å²) in [6, 6.07) is 10.2. The van der Waals surface area contributed by atoms with Crippen LogP contribution >= 0.6 is 0 Å². The van der Waals surface area contributed by atoms with Gasteiger partial charge in [-0.3, -0.25) is 9.78 Å². The van der Waals surface area contributed by atoms with Crippen LogP contribution in [0.1, 0.15) is 25.8 Å². The molecule has 2 aromatic rings. The highest BCUT2D eigenvalue weighted by molar-refractivity contribution is 5.95. The summed E-state index contributed by atoms with van der Waals surface area (Å²) in [4.78, 5) is 18.3. The molecule has 1 aliphatic rings. The minimum atomic E-state index is -0.217. The van der Waals surface area contributed by atoms with E-state index in [9.17, 15) is 10.1 Å². The lowest BCUT2D eigenvalue weighted by Crippen LogP contribution is -2.50. The van der Waals surface area contributed by atoms with Crippen molar-refractivity contribution in [3.63, 3.8) is 0 Å². The van der Waals surface area contributed by atoms with Crippen molar-refractivity contribution >= 4 is 22.6 Å². The van der Waals surface area contributed by atoms with Gasteiger partial charge in [0.05, 0.1) is 24.2 Å². The van der Waals surface area contributed by atoms with Gasteiger partial charge in [0.2, 0.25) is 0 Å². The van der Waals surface area contributed by atoms with Gasteiger partial charge in [0.25, 0.3) is 0 Å². The van der Waals surface area contributed by atoms with Crippen molar-refractivity contribution in [2.75, 3.05) is 31.1 Å². The fraction of sp³-hybridized carbons (Fsp3) is 0.450. The Balaban J connectivity index is 1.81. The van der Waals surface area contributed by atoms with Crippen LogP contribution in [0, 0.1) is 17.2 Å². The molecule has 0 saturated carbocycles. The molecular weight excluding hydrogens is 328 g/mol. The lowest BCUT2D eigenvalue weighted by atomic mass is 9.94. The predicted octanol–water partition coefficient (Wildman–Crippen LogP) is 2.47. The Labute approximate surface area is 153 Å². The molecular formula is C20H24N4O2. The van der Waals surface area contributed by atoms with Crippen molar-refractivity contribution in [1.82, 2.24) is 10.3 Å². The second-order valence-corrected chi connectivity index (χ2v) is 6.77. The molecule has 3 rings (SSSR count). The first kappa shape index (κ1) is 18.2. The number of hydrogen-bond donors (Lipinski definition) is 1. The van der Waals surface area contributed by atoms with Gasteiger partial charge in [-0.25, -0.2) is 0 Å². The fourth-order valence-electron chi connectivity index (χ4n) is 3.66. The van der Waals surface area contributed by atoms with E-state index in [2.05, 4.69) is 28.2 Å². The average molecular weight is 352 g/mol. The Morgan fingerprint density at radius 1 is 1.42 bits per heavy atom. The topological polar surface area (TPSA) is 78.2 Å². The van der Waals surface area contributed by atoms with Crippen LogP contribution in [0.4, 0.5) is 5.69 Å². The maximum absolute atomic E-state index is 11.6. The molecule has 26 heavy (non-hydrogen) atoms. The van der Waals surface area contributed by atoms with Crippen molar-refractivity contribution in [2.24, 2.45) is 5.92 Å². The van der Waals surface area contributed by atoms with Gasteiger partial charge in [-0.1, -0.05) is 6.92 Å². The molecule has 0 amide bonds. The molecule has 6 nitrogen and oxygen atoms in total. The number of rotatable bonds is 5. The molecule has 1 aliphatic heterocycles. The monoisotopic (exact) mass is 352 g/mol. The number of carbonyl (C=O) groups excluding carboxylic acids is 1. The van der Waals surface area contributed by atoms with Crippen LogP contribution in [0.3, 0.4) is 0 Å². The predicted molar refractivity (Wildman–Crippen MR) is 101 cm³/mol. The van der Waals surface area contributed by atoms with Gasteiger partial charge in [-0.05, 0) is 43.5 Å². The Kier molecular flexibility index (Phi) is 5.69. The molecule has 1 N–H and O–H groups in total. The molecule has 136 valence electrons. The van der Waals surface area contributed by atoms with Crippen molar-refractivity contribution in [1.29, 1.82) is 5.26 Å². The van der Waals surface area contributed by atoms with Crippen molar-refractivity contribution in [3.05, 3.63) is 36.0 Å². The van der Waals surface area contributed by atoms with E-state index >= 15 is 0 Å². The smallest absolute Gasteiger partial charge is 0.319 e. The third-order valence-electron chi connectivity index (χ3n) is 4.71. The highest BCUT2D eigenvalue weighted by Crippen LogP contribution is 2.31. The molecule has 2 heterocycles. The van der Waals surface area contributed by atoms with Crippen LogP contribution in [0.5, 0.6) is 0 Å². The lowest BCUT2D eigenvalue weighted by Gasteiger charge is -2.38. The Hall–Kier alpha value is -2.65. The average Bonchev–Trinajstić information content (AvgIpc) is 2.65. The Bertz CT molecular complexity index is 830. The summed E-state index contributed by atoms with van der Waals surface area (Å²) < 4.78 is 5.00. The van der Waals surface area contributed by atoms with Crippen LogP contribution in [0.15, 0.2) is 30.5 Å². The number of benzene rings is 1. The summed E-state index contributed by atoms with van der Waals surface area (Å²) in [6.45, 7) is 6.40. The number of piperidine rings is 1. The third kappa shape index (κ3) is 3.94. The minimum Gasteiger partial charge on any atom is -0.465 e. The zero-order valence-corrected chi connectivity index (χ0v) is 15.2. The van der Waals surface area contributed by atoms with E-state index in [1.807, 2.05) is 31.2 Å². The van der Waals surface area contributed by atoms with Gasteiger partial charge in [-0.15, -0.1) is 0 Å². The van der Waals surface area contributed by atoms with Crippen LogP contribution in [-0.4, -0.2) is 43.2 Å². The van der Waals surface area contributed by atoms with E-state index < -0.39 is 0 Å². The molecule has 0 aliphatic carbocycles. The number of anilines is 1. The molecule has 1 fully saturated rings. The van der Waals surface area contributed by atoms with Crippen LogP contribution in [-0.2, 0) is 9.53 Å².